The second-order valence-electron chi connectivity index (χ2n) is 3.89. The molecule has 1 aliphatic heterocycles. The third-order valence-corrected chi connectivity index (χ3v) is 2.87. The van der Waals surface area contributed by atoms with E-state index in [1.54, 1.807) is 0 Å². The van der Waals surface area contributed by atoms with Gasteiger partial charge in [0, 0.05) is 16.4 Å². The van der Waals surface area contributed by atoms with Gasteiger partial charge in [-0.25, -0.2) is 0 Å². The van der Waals surface area contributed by atoms with Crippen molar-refractivity contribution in [3.8, 4) is 0 Å². The Morgan fingerprint density at radius 3 is 2.47 bits per heavy atom. The summed E-state index contributed by atoms with van der Waals surface area (Å²) in [6.45, 7) is 3.70. The van der Waals surface area contributed by atoms with Gasteiger partial charge >= 0.3 is 0 Å². The fourth-order valence-corrected chi connectivity index (χ4v) is 1.87. The fourth-order valence-electron chi connectivity index (χ4n) is 1.47. The molecule has 1 aliphatic rings. The van der Waals surface area contributed by atoms with E-state index in [-0.39, 0.29) is 4.22 Å². The van der Waals surface area contributed by atoms with E-state index in [0.717, 1.165) is 11.4 Å². The molecule has 1 aromatic carbocycles. The molecule has 0 spiro atoms. The second kappa shape index (κ2) is 3.28. The first-order valence-electron chi connectivity index (χ1n) is 4.74. The molecule has 0 fully saturated rings. The molecule has 2 unspecified atom stereocenters. The van der Waals surface area contributed by atoms with Crippen molar-refractivity contribution >= 4 is 23.2 Å². The van der Waals surface area contributed by atoms with Gasteiger partial charge in [0.25, 0.3) is 0 Å². The van der Waals surface area contributed by atoms with E-state index in [1.807, 2.05) is 44.2 Å². The number of quaternary nitrogens is 1. The highest BCUT2D eigenvalue weighted by Gasteiger charge is 2.46. The molecular weight excluding hydrogens is 212 g/mol. The minimum Gasteiger partial charge on any atom is -0.304 e. The SMILES string of the molecule is CC1=N[N+](Cl)(c2ccccc2)NC1(C)N. The number of rotatable bonds is 1. The average Bonchev–Trinajstić information content (AvgIpc) is 2.38. The van der Waals surface area contributed by atoms with Crippen molar-refractivity contribution in [3.63, 3.8) is 0 Å². The minimum absolute atomic E-state index is 0.223. The minimum atomic E-state index is -0.669. The molecule has 0 saturated carbocycles. The standard InChI is InChI=1S/C10H14ClN4/c1-8-10(2,12)14-15(11,13-8)9-6-4-3-5-7-9/h3-7,14H,12H2,1-2H3/q+1. The molecule has 5 heteroatoms. The van der Waals surface area contributed by atoms with Gasteiger partial charge in [0.15, 0.2) is 11.4 Å². The molecule has 0 aromatic heterocycles. The van der Waals surface area contributed by atoms with Crippen LogP contribution >= 0.6 is 11.8 Å². The Balaban J connectivity index is 2.40. The molecule has 80 valence electrons. The van der Waals surface area contributed by atoms with Crippen molar-refractivity contribution in [2.45, 2.75) is 19.5 Å². The topological polar surface area (TPSA) is 50.4 Å². The number of hydrogen-bond acceptors (Lipinski definition) is 3. The second-order valence-corrected chi connectivity index (χ2v) is 4.38. The predicted octanol–water partition coefficient (Wildman–Crippen LogP) is 1.72. The monoisotopic (exact) mass is 225 g/mol. The summed E-state index contributed by atoms with van der Waals surface area (Å²) in [5, 5.41) is 4.33. The molecule has 0 amide bonds. The molecule has 1 aromatic rings. The molecule has 0 aliphatic carbocycles. The largest absolute Gasteiger partial charge is 0.304 e. The molecule has 0 bridgehead atoms. The lowest BCUT2D eigenvalue weighted by molar-refractivity contribution is 0.309. The van der Waals surface area contributed by atoms with Gasteiger partial charge in [-0.05, 0) is 18.9 Å². The Kier molecular flexibility index (Phi) is 2.31. The zero-order valence-corrected chi connectivity index (χ0v) is 9.49. The van der Waals surface area contributed by atoms with Crippen molar-refractivity contribution in [2.75, 3.05) is 0 Å². The normalized spacial score (nSPS) is 35.3. The van der Waals surface area contributed by atoms with Crippen molar-refractivity contribution in [1.29, 1.82) is 0 Å². The highest BCUT2D eigenvalue weighted by Crippen LogP contribution is 2.30. The molecule has 2 rings (SSSR count). The Morgan fingerprint density at radius 2 is 2.00 bits per heavy atom. The Morgan fingerprint density at radius 1 is 1.40 bits per heavy atom. The van der Waals surface area contributed by atoms with Crippen LogP contribution in [0.15, 0.2) is 35.4 Å². The first-order chi connectivity index (χ1) is 6.94. The number of benzene rings is 1. The van der Waals surface area contributed by atoms with Crippen molar-refractivity contribution < 1.29 is 0 Å². The Bertz CT molecular complexity index is 401. The average molecular weight is 226 g/mol. The van der Waals surface area contributed by atoms with Gasteiger partial charge in [-0.3, -0.25) is 0 Å². The molecule has 2 atom stereocenters. The van der Waals surface area contributed by atoms with E-state index in [2.05, 4.69) is 10.5 Å². The van der Waals surface area contributed by atoms with Gasteiger partial charge in [0.05, 0.1) is 0 Å². The third kappa shape index (κ3) is 1.77. The fraction of sp³-hybridized carbons (Fsp3) is 0.300. The summed E-state index contributed by atoms with van der Waals surface area (Å²) in [6.07, 6.45) is 0. The Hall–Kier alpha value is -0.940. The molecule has 15 heavy (non-hydrogen) atoms. The van der Waals surface area contributed by atoms with Crippen LogP contribution in [0.4, 0.5) is 5.69 Å². The van der Waals surface area contributed by atoms with Crippen LogP contribution in [0.25, 0.3) is 0 Å². The van der Waals surface area contributed by atoms with Crippen molar-refractivity contribution in [3.05, 3.63) is 30.3 Å². The summed E-state index contributed by atoms with van der Waals surface area (Å²) in [5.74, 6) is 0. The first kappa shape index (κ1) is 10.6. The number of nitrogens with one attached hydrogen (secondary N) is 1. The summed E-state index contributed by atoms with van der Waals surface area (Å²) in [6, 6.07) is 9.56. The van der Waals surface area contributed by atoms with Gasteiger partial charge in [0.1, 0.15) is 5.71 Å². The molecule has 0 radical (unpaired) electrons. The Labute approximate surface area is 94.0 Å². The summed E-state index contributed by atoms with van der Waals surface area (Å²) in [7, 11) is 0. The lowest BCUT2D eigenvalue weighted by Gasteiger charge is -2.22. The highest BCUT2D eigenvalue weighted by molar-refractivity contribution is 6.22. The molecule has 3 N–H and O–H groups in total. The van der Waals surface area contributed by atoms with Gasteiger partial charge in [0.2, 0.25) is 11.8 Å². The summed E-state index contributed by atoms with van der Waals surface area (Å²) in [4.78, 5) is 0. The first-order valence-corrected chi connectivity index (χ1v) is 5.08. The van der Waals surface area contributed by atoms with Gasteiger partial charge in [-0.1, -0.05) is 23.6 Å². The lowest BCUT2D eigenvalue weighted by Crippen LogP contribution is -2.60. The highest BCUT2D eigenvalue weighted by atomic mass is 35.5. The zero-order valence-electron chi connectivity index (χ0n) is 8.74. The van der Waals surface area contributed by atoms with Crippen LogP contribution in [0, 0.1) is 0 Å². The predicted molar refractivity (Wildman–Crippen MR) is 62.9 cm³/mol. The van der Waals surface area contributed by atoms with Gasteiger partial charge in [-0.2, -0.15) is 0 Å². The maximum atomic E-state index is 6.33. The van der Waals surface area contributed by atoms with E-state index < -0.39 is 5.66 Å². The van der Waals surface area contributed by atoms with Gasteiger partial charge in [-0.15, -0.1) is 0 Å². The van der Waals surface area contributed by atoms with Crippen LogP contribution in [-0.2, 0) is 0 Å². The number of halogens is 1. The summed E-state index contributed by atoms with van der Waals surface area (Å²) < 4.78 is -0.223. The molecule has 1 heterocycles. The van der Waals surface area contributed by atoms with Crippen LogP contribution in [0.1, 0.15) is 13.8 Å². The molecule has 4 nitrogen and oxygen atoms in total. The molecule has 0 saturated heterocycles. The maximum Gasteiger partial charge on any atom is 0.228 e. The van der Waals surface area contributed by atoms with Crippen LogP contribution in [0.2, 0.25) is 0 Å². The number of nitrogens with two attached hydrogens (primary N) is 1. The zero-order chi connectivity index (χ0) is 11.1. The lowest BCUT2D eigenvalue weighted by atomic mass is 10.1. The van der Waals surface area contributed by atoms with E-state index in [9.17, 15) is 0 Å². The van der Waals surface area contributed by atoms with E-state index in [0.29, 0.717) is 0 Å². The van der Waals surface area contributed by atoms with Crippen LogP contribution in [0.3, 0.4) is 0 Å². The van der Waals surface area contributed by atoms with E-state index in [1.165, 1.54) is 0 Å². The van der Waals surface area contributed by atoms with Crippen LogP contribution in [-0.4, -0.2) is 11.4 Å². The van der Waals surface area contributed by atoms with Crippen LogP contribution < -0.4 is 15.4 Å². The summed E-state index contributed by atoms with van der Waals surface area (Å²) >= 11 is 6.33. The quantitative estimate of drug-likeness (QED) is 0.715. The van der Waals surface area contributed by atoms with Crippen LogP contribution in [0.5, 0.6) is 0 Å². The molecular formula is C10H14ClN4+. The number of hydrogen-bond donors (Lipinski definition) is 2. The number of nitrogens with zero attached hydrogens (tertiary/aromatic N) is 2. The van der Waals surface area contributed by atoms with E-state index in [4.69, 9.17) is 17.5 Å². The third-order valence-electron chi connectivity index (χ3n) is 2.52. The van der Waals surface area contributed by atoms with Crippen molar-refractivity contribution in [2.24, 2.45) is 10.8 Å². The van der Waals surface area contributed by atoms with Crippen molar-refractivity contribution in [1.82, 2.24) is 9.65 Å². The maximum absolute atomic E-state index is 6.33. The smallest absolute Gasteiger partial charge is 0.228 e. The number of para-hydroxylation sites is 1. The van der Waals surface area contributed by atoms with Gasteiger partial charge < -0.3 is 5.73 Å². The van der Waals surface area contributed by atoms with E-state index >= 15 is 0 Å². The summed E-state index contributed by atoms with van der Waals surface area (Å²) in [5.41, 5.74) is 9.99.